The van der Waals surface area contributed by atoms with Crippen LogP contribution in [0.1, 0.15) is 79.6 Å². The first-order valence-corrected chi connectivity index (χ1v) is 8.12. The van der Waals surface area contributed by atoms with Crippen molar-refractivity contribution >= 4 is 5.78 Å². The predicted octanol–water partition coefficient (Wildman–Crippen LogP) is 5.00. The molecule has 0 aliphatic carbocycles. The second-order valence-electron chi connectivity index (χ2n) is 6.32. The van der Waals surface area contributed by atoms with Gasteiger partial charge in [0.15, 0.2) is 0 Å². The van der Waals surface area contributed by atoms with E-state index in [1.54, 1.807) is 0 Å². The Kier molecular flexibility index (Phi) is 11.2. The lowest BCUT2D eigenvalue weighted by atomic mass is 9.93. The number of unbranched alkanes of at least 4 members (excludes halogenated alkanes) is 1. The van der Waals surface area contributed by atoms with Gasteiger partial charge >= 0.3 is 0 Å². The van der Waals surface area contributed by atoms with Crippen LogP contribution in [0.5, 0.6) is 0 Å². The first-order chi connectivity index (χ1) is 8.99. The Balaban J connectivity index is 4.00. The van der Waals surface area contributed by atoms with Crippen molar-refractivity contribution in [1.82, 2.24) is 0 Å². The molecule has 0 aromatic carbocycles. The van der Waals surface area contributed by atoms with E-state index in [9.17, 15) is 4.79 Å². The first-order valence-electron chi connectivity index (χ1n) is 8.12. The number of carbonyl (C=O) groups is 1. The molecule has 0 rings (SSSR count). The number of ketones is 1. The number of rotatable bonds is 12. The minimum absolute atomic E-state index is 0.346. The maximum absolute atomic E-state index is 11.8. The van der Waals surface area contributed by atoms with Gasteiger partial charge in [0, 0.05) is 19.4 Å². The molecule has 2 nitrogen and oxygen atoms in total. The van der Waals surface area contributed by atoms with Crippen molar-refractivity contribution in [3.63, 3.8) is 0 Å². The molecular weight excluding hydrogens is 236 g/mol. The highest BCUT2D eigenvalue weighted by Crippen LogP contribution is 2.19. The lowest BCUT2D eigenvalue weighted by molar-refractivity contribution is -0.120. The first kappa shape index (κ1) is 18.6. The highest BCUT2D eigenvalue weighted by molar-refractivity contribution is 5.78. The maximum Gasteiger partial charge on any atom is 0.133 e. The number of hydrogen-bond donors (Lipinski definition) is 0. The van der Waals surface area contributed by atoms with E-state index < -0.39 is 0 Å². The van der Waals surface area contributed by atoms with Gasteiger partial charge in [-0.25, -0.2) is 0 Å². The number of carbonyl (C=O) groups excluding carboxylic acids is 1. The summed E-state index contributed by atoms with van der Waals surface area (Å²) in [5.74, 6) is 1.34. The zero-order valence-electron chi connectivity index (χ0n) is 13.7. The molecule has 0 bridgehead atoms. The van der Waals surface area contributed by atoms with Gasteiger partial charge in [-0.05, 0) is 31.1 Å². The molecule has 2 atom stereocenters. The van der Waals surface area contributed by atoms with Crippen molar-refractivity contribution in [2.75, 3.05) is 6.61 Å². The zero-order chi connectivity index (χ0) is 14.7. The van der Waals surface area contributed by atoms with Gasteiger partial charge in [0.1, 0.15) is 5.78 Å². The average Bonchev–Trinajstić information content (AvgIpc) is 2.27. The van der Waals surface area contributed by atoms with E-state index >= 15 is 0 Å². The van der Waals surface area contributed by atoms with E-state index in [2.05, 4.69) is 34.6 Å². The average molecular weight is 270 g/mol. The maximum atomic E-state index is 11.8. The molecule has 0 aromatic heterocycles. The van der Waals surface area contributed by atoms with Crippen LogP contribution in [0.3, 0.4) is 0 Å². The summed E-state index contributed by atoms with van der Waals surface area (Å²) in [5.41, 5.74) is 0. The van der Waals surface area contributed by atoms with Crippen LogP contribution >= 0.6 is 0 Å². The molecule has 0 saturated carbocycles. The summed E-state index contributed by atoms with van der Waals surface area (Å²) in [4.78, 5) is 11.8. The molecule has 0 aliphatic heterocycles. The van der Waals surface area contributed by atoms with Gasteiger partial charge in [-0.1, -0.05) is 47.5 Å². The Bertz CT molecular complexity index is 223. The normalized spacial score (nSPS) is 14.6. The molecule has 0 heterocycles. The summed E-state index contributed by atoms with van der Waals surface area (Å²) >= 11 is 0. The molecule has 0 aromatic rings. The Hall–Kier alpha value is -0.370. The van der Waals surface area contributed by atoms with Crippen LogP contribution in [-0.4, -0.2) is 18.5 Å². The highest BCUT2D eigenvalue weighted by Gasteiger charge is 2.16. The number of hydrogen-bond acceptors (Lipinski definition) is 2. The van der Waals surface area contributed by atoms with Gasteiger partial charge in [0.05, 0.1) is 6.10 Å². The van der Waals surface area contributed by atoms with Crippen LogP contribution in [0.15, 0.2) is 0 Å². The van der Waals surface area contributed by atoms with Crippen molar-refractivity contribution in [3.05, 3.63) is 0 Å². The smallest absolute Gasteiger partial charge is 0.133 e. The third kappa shape index (κ3) is 11.2. The second kappa shape index (κ2) is 11.5. The zero-order valence-corrected chi connectivity index (χ0v) is 13.7. The largest absolute Gasteiger partial charge is 0.378 e. The number of ether oxygens (including phenoxy) is 1. The van der Waals surface area contributed by atoms with Crippen LogP contribution in [0.2, 0.25) is 0 Å². The molecule has 0 amide bonds. The van der Waals surface area contributed by atoms with Gasteiger partial charge in [-0.2, -0.15) is 0 Å². The Morgan fingerprint density at radius 3 is 2.26 bits per heavy atom. The Labute approximate surface area is 120 Å². The molecule has 0 saturated heterocycles. The Morgan fingerprint density at radius 2 is 1.74 bits per heavy atom. The molecular formula is C17H34O2. The molecule has 0 radical (unpaired) electrons. The summed E-state index contributed by atoms with van der Waals surface area (Å²) in [7, 11) is 0. The summed E-state index contributed by atoms with van der Waals surface area (Å²) < 4.78 is 5.94. The quantitative estimate of drug-likeness (QED) is 0.466. The van der Waals surface area contributed by atoms with Crippen molar-refractivity contribution in [1.29, 1.82) is 0 Å². The van der Waals surface area contributed by atoms with Crippen LogP contribution in [0.25, 0.3) is 0 Å². The summed E-state index contributed by atoms with van der Waals surface area (Å²) in [6.45, 7) is 11.7. The topological polar surface area (TPSA) is 26.3 Å². The minimum atomic E-state index is 0.346. The fourth-order valence-corrected chi connectivity index (χ4v) is 2.44. The lowest BCUT2D eigenvalue weighted by Crippen LogP contribution is -2.19. The van der Waals surface area contributed by atoms with Crippen molar-refractivity contribution < 1.29 is 9.53 Å². The van der Waals surface area contributed by atoms with Crippen molar-refractivity contribution in [2.24, 2.45) is 11.8 Å². The molecule has 2 unspecified atom stereocenters. The minimum Gasteiger partial charge on any atom is -0.378 e. The lowest BCUT2D eigenvalue weighted by Gasteiger charge is -2.21. The van der Waals surface area contributed by atoms with E-state index in [-0.39, 0.29) is 0 Å². The molecule has 0 aliphatic rings. The molecule has 19 heavy (non-hydrogen) atoms. The van der Waals surface area contributed by atoms with E-state index in [0.717, 1.165) is 45.1 Å². The molecule has 0 N–H and O–H groups in total. The molecule has 0 fully saturated rings. The molecule has 114 valence electrons. The standard InChI is InChI=1S/C17H34O2/c1-6-8-10-19-17(9-7-2)13-15(5)12-16(18)11-14(3)4/h14-15,17H,6-13H2,1-5H3. The Morgan fingerprint density at radius 1 is 1.05 bits per heavy atom. The summed E-state index contributed by atoms with van der Waals surface area (Å²) in [5, 5.41) is 0. The number of Topliss-reactive ketones (excluding diaryl/α,β-unsaturated/α-hetero) is 1. The van der Waals surface area contributed by atoms with Gasteiger partial charge in [-0.3, -0.25) is 4.79 Å². The van der Waals surface area contributed by atoms with Gasteiger partial charge in [-0.15, -0.1) is 0 Å². The SMILES string of the molecule is CCCCOC(CCC)CC(C)CC(=O)CC(C)C. The molecule has 0 spiro atoms. The summed E-state index contributed by atoms with van der Waals surface area (Å²) in [6, 6.07) is 0. The third-order valence-electron chi connectivity index (χ3n) is 3.34. The monoisotopic (exact) mass is 270 g/mol. The fourth-order valence-electron chi connectivity index (χ4n) is 2.44. The van der Waals surface area contributed by atoms with Gasteiger partial charge in [0.25, 0.3) is 0 Å². The van der Waals surface area contributed by atoms with E-state index in [4.69, 9.17) is 4.74 Å². The summed E-state index contributed by atoms with van der Waals surface area (Å²) in [6.07, 6.45) is 7.41. The third-order valence-corrected chi connectivity index (χ3v) is 3.34. The van der Waals surface area contributed by atoms with E-state index in [1.807, 2.05) is 0 Å². The van der Waals surface area contributed by atoms with Gasteiger partial charge < -0.3 is 4.74 Å². The van der Waals surface area contributed by atoms with Crippen LogP contribution in [-0.2, 0) is 9.53 Å². The predicted molar refractivity (Wildman–Crippen MR) is 82.4 cm³/mol. The van der Waals surface area contributed by atoms with E-state index in [1.165, 1.54) is 6.42 Å². The second-order valence-corrected chi connectivity index (χ2v) is 6.32. The van der Waals surface area contributed by atoms with Crippen LogP contribution in [0.4, 0.5) is 0 Å². The van der Waals surface area contributed by atoms with Crippen molar-refractivity contribution in [2.45, 2.75) is 85.7 Å². The van der Waals surface area contributed by atoms with Crippen molar-refractivity contribution in [3.8, 4) is 0 Å². The van der Waals surface area contributed by atoms with Crippen LogP contribution in [0, 0.1) is 11.8 Å². The highest BCUT2D eigenvalue weighted by atomic mass is 16.5. The van der Waals surface area contributed by atoms with Crippen LogP contribution < -0.4 is 0 Å². The molecule has 2 heteroatoms. The van der Waals surface area contributed by atoms with Gasteiger partial charge in [0.2, 0.25) is 0 Å². The fraction of sp³-hybridized carbons (Fsp3) is 0.941. The van der Waals surface area contributed by atoms with E-state index in [0.29, 0.717) is 23.7 Å².